The van der Waals surface area contributed by atoms with E-state index in [1.165, 1.54) is 0 Å². The highest BCUT2D eigenvalue weighted by Gasteiger charge is 2.57. The summed E-state index contributed by atoms with van der Waals surface area (Å²) < 4.78 is 352. The molecule has 0 spiro atoms. The highest BCUT2D eigenvalue weighted by molar-refractivity contribution is 9.10. The lowest BCUT2D eigenvalue weighted by Crippen LogP contribution is -2.53. The summed E-state index contributed by atoms with van der Waals surface area (Å²) in [6.45, 7) is -19.9. The molecule has 9 rings (SSSR count). The number of hydrogen-bond donors (Lipinski definition) is 0. The number of ether oxygens (including phenoxy) is 8. The molecule has 1 saturated heterocycles. The molecule has 61 heavy (non-hydrogen) atoms. The molecule has 0 unspecified atom stereocenters. The van der Waals surface area contributed by atoms with Crippen molar-refractivity contribution < 1.29 is 85.9 Å². The van der Waals surface area contributed by atoms with Gasteiger partial charge in [0.15, 0.2) is 23.4 Å². The maximum atomic E-state index is 9.52. The number of hydrogen-bond acceptors (Lipinski definition) is 8. The first-order chi connectivity index (χ1) is 44.1. The van der Waals surface area contributed by atoms with Crippen molar-refractivity contribution in [1.29, 1.82) is 0 Å². The van der Waals surface area contributed by atoms with Gasteiger partial charge in [-0.2, -0.15) is 0 Å². The van der Waals surface area contributed by atoms with Gasteiger partial charge in [-0.3, -0.25) is 0 Å². The monoisotopic (exact) mass is 911 g/mol. The fourth-order valence-corrected chi connectivity index (χ4v) is 6.22. The molecule has 2 heterocycles. The molecule has 7 aromatic rings. The van der Waals surface area contributed by atoms with E-state index in [2.05, 4.69) is 15.9 Å². The third-order valence-electron chi connectivity index (χ3n) is 8.26. The molecule has 2 aliphatic heterocycles. The SMILES string of the molecule is [2H]c1c([2H])c([2H])c(C([2H])([2H])Oc2ccc([C@@]34OCCO[C@@H](c5c(OC([2H])([2H])c6c([2H])c([2H])c([2H])c([2H])c6[2H])cc(OC([2H])([2H])c6c([2H])c([2H])c([2H])c([2H])c6[2H])c(Br)c5O3)[C@H]4OC([2H])([2H])c3c([2H])c([2H])c([2H])c([2H])c3[2H])cc2OC([2H])([2H])c2c([2H])c([2H])c([2H])c([2H])c2[2H])c([2H])c1[2H]. The largest absolute Gasteiger partial charge is 0.488 e. The Bertz CT molecular complexity index is 4290. The van der Waals surface area contributed by atoms with E-state index < -0.39 is 287 Å². The minimum atomic E-state index is -3.76. The predicted octanol–water partition coefficient (Wildman–Crippen LogP) is 11.7. The maximum Gasteiger partial charge on any atom is 0.267 e. The second-order valence-electron chi connectivity index (χ2n) is 12.0. The molecule has 0 saturated carbocycles. The van der Waals surface area contributed by atoms with Crippen molar-refractivity contribution in [3.63, 3.8) is 0 Å². The van der Waals surface area contributed by atoms with E-state index in [1.54, 1.807) is 0 Å². The van der Waals surface area contributed by atoms with Gasteiger partial charge in [0.2, 0.25) is 0 Å². The molecule has 0 amide bonds. The molecule has 3 atom stereocenters. The highest BCUT2D eigenvalue weighted by Crippen LogP contribution is 2.58. The normalized spacial score (nSPS) is 27.3. The molecule has 308 valence electrons. The van der Waals surface area contributed by atoms with Crippen LogP contribution in [-0.4, -0.2) is 19.3 Å². The van der Waals surface area contributed by atoms with Gasteiger partial charge in [-0.05, 0) is 61.9 Å². The molecule has 0 radical (unpaired) electrons. The van der Waals surface area contributed by atoms with Crippen molar-refractivity contribution >= 4 is 15.9 Å². The van der Waals surface area contributed by atoms with E-state index in [4.69, 9.17) is 77.6 Å². The van der Waals surface area contributed by atoms with Crippen molar-refractivity contribution in [2.24, 2.45) is 0 Å². The Morgan fingerprint density at radius 3 is 1.52 bits per heavy atom. The van der Waals surface area contributed by atoms with Gasteiger partial charge in [-0.1, -0.05) is 151 Å². The fourth-order valence-electron chi connectivity index (χ4n) is 5.73. The average Bonchev–Trinajstić information content (AvgIpc) is 1.09. The van der Waals surface area contributed by atoms with Gasteiger partial charge in [0.1, 0.15) is 48.3 Å². The van der Waals surface area contributed by atoms with Gasteiger partial charge in [0.05, 0.1) is 73.3 Å². The van der Waals surface area contributed by atoms with Crippen LogP contribution in [0.5, 0.6) is 28.7 Å². The third kappa shape index (κ3) is 9.31. The summed E-state index contributed by atoms with van der Waals surface area (Å²) in [6.07, 6.45) is -4.86. The lowest BCUT2D eigenvalue weighted by atomic mass is 9.87. The second-order valence-corrected chi connectivity index (χ2v) is 12.8. The van der Waals surface area contributed by atoms with Crippen LogP contribution in [0.1, 0.15) is 93.0 Å². The van der Waals surface area contributed by atoms with Gasteiger partial charge < -0.3 is 37.9 Å². The Kier molecular flexibility index (Phi) is 5.21. The molecule has 7 aromatic carbocycles. The van der Waals surface area contributed by atoms with Gasteiger partial charge in [-0.25, -0.2) is 0 Å². The van der Waals surface area contributed by atoms with Crippen LogP contribution in [0.15, 0.2) is 180 Å². The topological polar surface area (TPSA) is 73.8 Å². The lowest BCUT2D eigenvalue weighted by molar-refractivity contribution is -0.275. The minimum absolute atomic E-state index is 0.637. The van der Waals surface area contributed by atoms with Gasteiger partial charge >= 0.3 is 0 Å². The molecule has 9 heteroatoms. The van der Waals surface area contributed by atoms with Crippen molar-refractivity contribution in [2.75, 3.05) is 13.2 Å². The predicted molar refractivity (Wildman–Crippen MR) is 236 cm³/mol. The zero-order valence-corrected chi connectivity index (χ0v) is 32.1. The summed E-state index contributed by atoms with van der Waals surface area (Å²) in [4.78, 5) is 0. The molecule has 0 aliphatic carbocycles. The van der Waals surface area contributed by atoms with E-state index in [0.717, 1.165) is 6.07 Å². The third-order valence-corrected chi connectivity index (χ3v) is 9.01. The highest BCUT2D eigenvalue weighted by atomic mass is 79.9. The Balaban J connectivity index is 1.39. The molecular formula is C52H45BrO8. The van der Waals surface area contributed by atoms with Crippen molar-refractivity contribution in [3.8, 4) is 28.7 Å². The standard InChI is InChI=1S/C52H45BrO8/c53-48-46(58-35-40-22-12-4-13-23-40)31-45(57-34-39-20-10-3-11-21-39)47-49(48)61-52(51(50(47)54-28-29-60-52)59-36-41-24-14-5-15-25-41)42-26-27-43(55-32-37-16-6-1-7-17-37)44(30-42)56-33-38-18-8-2-9-19-38/h1-27,30-31,50-51H,28-29,32-36H2/t50-,51+,52+/m0/s1/i1D,2D,3D,4D,5D,6D,7D,8D,9D,10D,11D,12D,13D,14D,15D,16D,17D,18D,19D,20D,21D,22D,23D,24D,25D,32D2,33D2,34D2,35D2,36D2. The first kappa shape index (κ1) is 16.6. The summed E-state index contributed by atoms with van der Waals surface area (Å²) >= 11 is 3.26. The average molecular weight is 913 g/mol. The molecule has 8 nitrogen and oxygen atoms in total. The Labute approximate surface area is 413 Å². The van der Waals surface area contributed by atoms with E-state index in [9.17, 15) is 8.22 Å². The Morgan fingerprint density at radius 2 is 1.00 bits per heavy atom. The summed E-state index contributed by atoms with van der Waals surface area (Å²) in [7, 11) is 0. The van der Waals surface area contributed by atoms with Crippen LogP contribution in [0.25, 0.3) is 0 Å². The van der Waals surface area contributed by atoms with E-state index >= 15 is 0 Å². The van der Waals surface area contributed by atoms with Gasteiger partial charge in [0, 0.05) is 11.6 Å². The van der Waals surface area contributed by atoms with Gasteiger partial charge in [0.25, 0.3) is 5.79 Å². The molecule has 1 fully saturated rings. The lowest BCUT2D eigenvalue weighted by Gasteiger charge is -2.46. The van der Waals surface area contributed by atoms with Gasteiger partial charge in [-0.15, -0.1) is 0 Å². The van der Waals surface area contributed by atoms with Crippen LogP contribution in [0.4, 0.5) is 0 Å². The van der Waals surface area contributed by atoms with Crippen LogP contribution >= 0.6 is 15.9 Å². The Morgan fingerprint density at radius 1 is 0.541 bits per heavy atom. The summed E-state index contributed by atoms with van der Waals surface area (Å²) in [5.41, 5.74) is -7.41. The molecule has 2 bridgehead atoms. The van der Waals surface area contributed by atoms with Crippen LogP contribution in [0, 0.1) is 0 Å². The van der Waals surface area contributed by atoms with Crippen molar-refractivity contribution in [1.82, 2.24) is 0 Å². The summed E-state index contributed by atoms with van der Waals surface area (Å²) in [6, 6.07) is -24.7. The smallest absolute Gasteiger partial charge is 0.267 e. The molecule has 2 aliphatic rings. The van der Waals surface area contributed by atoms with Crippen LogP contribution < -0.4 is 23.7 Å². The second kappa shape index (κ2) is 19.1. The Hall–Kier alpha value is -6.10. The number of rotatable bonds is 16. The molecular weight excluding hydrogens is 832 g/mol. The molecule has 0 aromatic heterocycles. The van der Waals surface area contributed by atoms with Crippen LogP contribution in [0.3, 0.4) is 0 Å². The van der Waals surface area contributed by atoms with E-state index in [1.807, 2.05) is 0 Å². The zero-order valence-electron chi connectivity index (χ0n) is 65.5. The number of halogens is 1. The van der Waals surface area contributed by atoms with Crippen LogP contribution in [-0.2, 0) is 52.8 Å². The summed E-state index contributed by atoms with van der Waals surface area (Å²) in [5.74, 6) is -8.29. The van der Waals surface area contributed by atoms with Crippen molar-refractivity contribution in [2.45, 2.75) is 50.8 Å². The number of fused-ring (bicyclic) bond motifs is 4. The van der Waals surface area contributed by atoms with E-state index in [-0.39, 0.29) is 0 Å². The van der Waals surface area contributed by atoms with E-state index in [0.29, 0.717) is 18.2 Å². The van der Waals surface area contributed by atoms with Crippen molar-refractivity contribution in [3.05, 3.63) is 219 Å². The first-order valence-electron chi connectivity index (χ1n) is 34.9. The zero-order chi connectivity index (χ0) is 72.0. The van der Waals surface area contributed by atoms with Crippen LogP contribution in [0.2, 0.25) is 0 Å². The maximum absolute atomic E-state index is 9.52. The quantitative estimate of drug-likeness (QED) is 0.0949. The molecule has 0 N–H and O–H groups in total. The minimum Gasteiger partial charge on any atom is -0.488 e. The summed E-state index contributed by atoms with van der Waals surface area (Å²) in [5, 5.41) is 0. The fraction of sp³-hybridized carbons (Fsp3) is 0.192. The first-order valence-corrected chi connectivity index (χ1v) is 18.2. The number of benzene rings is 7.